The Kier molecular flexibility index (Phi) is 4.35. The molecule has 0 aromatic carbocycles. The van der Waals surface area contributed by atoms with Crippen LogP contribution in [0.3, 0.4) is 0 Å². The summed E-state index contributed by atoms with van der Waals surface area (Å²) in [6.45, 7) is 1.86. The lowest BCUT2D eigenvalue weighted by molar-refractivity contribution is -0.0450. The molecule has 168 valence electrons. The number of rotatable bonds is 5. The Bertz CT molecular complexity index is 1060. The third kappa shape index (κ3) is 3.65. The van der Waals surface area contributed by atoms with E-state index in [0.29, 0.717) is 35.7 Å². The molecule has 0 radical (unpaired) electrons. The minimum atomic E-state index is -0.475. The number of ether oxygens (including phenoxy) is 1. The summed E-state index contributed by atoms with van der Waals surface area (Å²) in [5.41, 5.74) is 0.467. The number of nitrogens with one attached hydrogen (secondary N) is 2. The van der Waals surface area contributed by atoms with Gasteiger partial charge in [0.2, 0.25) is 5.88 Å². The molecule has 7 rings (SSSR count). The molecule has 8 nitrogen and oxygen atoms in total. The largest absolute Gasteiger partial charge is 0.414 e. The van der Waals surface area contributed by atoms with Crippen LogP contribution in [0.2, 0.25) is 0 Å². The van der Waals surface area contributed by atoms with Crippen LogP contribution in [0.5, 0.6) is 5.88 Å². The van der Waals surface area contributed by atoms with E-state index in [-0.39, 0.29) is 17.0 Å². The Morgan fingerprint density at radius 1 is 1.09 bits per heavy atom. The second-order valence-corrected chi connectivity index (χ2v) is 10.5. The van der Waals surface area contributed by atoms with Gasteiger partial charge in [0.05, 0.1) is 0 Å². The highest BCUT2D eigenvalue weighted by molar-refractivity contribution is 5.92. The molecule has 0 aliphatic heterocycles. The molecule has 5 aliphatic carbocycles. The summed E-state index contributed by atoms with van der Waals surface area (Å²) in [7, 11) is 0. The van der Waals surface area contributed by atoms with Crippen molar-refractivity contribution in [1.29, 1.82) is 0 Å². The number of carbonyl (C=O) groups excluding carboxylic acids is 2. The van der Waals surface area contributed by atoms with Crippen molar-refractivity contribution in [2.45, 2.75) is 75.3 Å². The van der Waals surface area contributed by atoms with Crippen molar-refractivity contribution in [2.24, 2.45) is 11.8 Å². The second-order valence-electron chi connectivity index (χ2n) is 10.5. The molecule has 2 atom stereocenters. The molecule has 2 unspecified atom stereocenters. The van der Waals surface area contributed by atoms with Gasteiger partial charge in [-0.15, -0.1) is 0 Å². The van der Waals surface area contributed by atoms with Crippen LogP contribution in [0.1, 0.15) is 79.2 Å². The molecule has 5 fully saturated rings. The van der Waals surface area contributed by atoms with Gasteiger partial charge in [-0.05, 0) is 76.2 Å². The van der Waals surface area contributed by atoms with E-state index in [2.05, 4.69) is 20.8 Å². The van der Waals surface area contributed by atoms with E-state index in [1.807, 2.05) is 19.1 Å². The van der Waals surface area contributed by atoms with Crippen LogP contribution < -0.4 is 15.4 Å². The third-order valence-corrected chi connectivity index (χ3v) is 7.61. The number of aromatic nitrogens is 2. The lowest BCUT2D eigenvalue weighted by Crippen LogP contribution is -2.70. The minimum Gasteiger partial charge on any atom is -0.391 e. The SMILES string of the molecule is Cc1cccc(OC(=O)NC23CC4CC(C2)CC(NC(=O)c2cc(C5CC5)on2)(C4)C3)n1. The number of aryl methyl sites for hydroxylation is 1. The molecule has 2 N–H and O–H groups in total. The molecule has 2 aromatic heterocycles. The molecule has 32 heavy (non-hydrogen) atoms. The van der Waals surface area contributed by atoms with Crippen LogP contribution in [0, 0.1) is 18.8 Å². The highest BCUT2D eigenvalue weighted by Gasteiger charge is 2.59. The zero-order valence-corrected chi connectivity index (χ0v) is 18.2. The highest BCUT2D eigenvalue weighted by Crippen LogP contribution is 2.57. The summed E-state index contributed by atoms with van der Waals surface area (Å²) in [6, 6.07) is 7.15. The van der Waals surface area contributed by atoms with Crippen molar-refractivity contribution in [1.82, 2.24) is 20.8 Å². The monoisotopic (exact) mass is 436 g/mol. The molecule has 0 spiro atoms. The fourth-order valence-corrected chi connectivity index (χ4v) is 6.73. The molecule has 5 aliphatic rings. The van der Waals surface area contributed by atoms with Crippen LogP contribution in [0.25, 0.3) is 0 Å². The Labute approximate surface area is 186 Å². The fourth-order valence-electron chi connectivity index (χ4n) is 6.73. The second kappa shape index (κ2) is 7.05. The van der Waals surface area contributed by atoms with Crippen molar-refractivity contribution < 1.29 is 18.8 Å². The smallest absolute Gasteiger partial charge is 0.391 e. The Hall–Kier alpha value is -2.90. The molecule has 2 amide bonds. The first-order valence-corrected chi connectivity index (χ1v) is 11.6. The molecule has 2 aromatic rings. The third-order valence-electron chi connectivity index (χ3n) is 7.61. The van der Waals surface area contributed by atoms with Crippen LogP contribution in [0.15, 0.2) is 28.8 Å². The number of hydrogen-bond donors (Lipinski definition) is 2. The summed E-state index contributed by atoms with van der Waals surface area (Å²) in [5, 5.41) is 10.5. The molecule has 0 saturated heterocycles. The van der Waals surface area contributed by atoms with Gasteiger partial charge in [0.15, 0.2) is 5.69 Å². The number of carbonyl (C=O) groups is 2. The number of hydrogen-bond acceptors (Lipinski definition) is 6. The average molecular weight is 437 g/mol. The van der Waals surface area contributed by atoms with Gasteiger partial charge in [-0.3, -0.25) is 4.79 Å². The average Bonchev–Trinajstić information content (AvgIpc) is 3.42. The lowest BCUT2D eigenvalue weighted by atomic mass is 9.50. The molecule has 4 bridgehead atoms. The predicted octanol–water partition coefficient (Wildman–Crippen LogP) is 3.87. The summed E-state index contributed by atoms with van der Waals surface area (Å²) in [5.74, 6) is 2.31. The first-order chi connectivity index (χ1) is 15.4. The molecule has 2 heterocycles. The fraction of sp³-hybridized carbons (Fsp3) is 0.583. The summed E-state index contributed by atoms with van der Waals surface area (Å²) >= 11 is 0. The van der Waals surface area contributed by atoms with E-state index in [1.165, 1.54) is 0 Å². The molecular weight excluding hydrogens is 408 g/mol. The minimum absolute atomic E-state index is 0.177. The predicted molar refractivity (Wildman–Crippen MR) is 114 cm³/mol. The number of amides is 2. The zero-order valence-electron chi connectivity index (χ0n) is 18.2. The van der Waals surface area contributed by atoms with E-state index in [4.69, 9.17) is 9.26 Å². The van der Waals surface area contributed by atoms with Crippen molar-refractivity contribution >= 4 is 12.0 Å². The Morgan fingerprint density at radius 3 is 2.50 bits per heavy atom. The zero-order chi connectivity index (χ0) is 21.9. The van der Waals surface area contributed by atoms with E-state index >= 15 is 0 Å². The molecule has 8 heteroatoms. The summed E-state index contributed by atoms with van der Waals surface area (Å²) < 4.78 is 10.9. The lowest BCUT2D eigenvalue weighted by Gasteiger charge is -2.61. The molecular formula is C24H28N4O4. The first kappa shape index (κ1) is 19.8. The summed E-state index contributed by atoms with van der Waals surface area (Å²) in [6.07, 6.45) is 7.34. The van der Waals surface area contributed by atoms with Gasteiger partial charge in [-0.2, -0.15) is 0 Å². The Morgan fingerprint density at radius 2 is 1.81 bits per heavy atom. The van der Waals surface area contributed by atoms with Gasteiger partial charge < -0.3 is 19.9 Å². The number of nitrogens with zero attached hydrogens (tertiary/aromatic N) is 2. The van der Waals surface area contributed by atoms with Crippen molar-refractivity contribution in [3.05, 3.63) is 41.4 Å². The van der Waals surface area contributed by atoms with E-state index in [0.717, 1.165) is 56.4 Å². The van der Waals surface area contributed by atoms with Crippen LogP contribution in [-0.2, 0) is 0 Å². The summed E-state index contributed by atoms with van der Waals surface area (Å²) in [4.78, 5) is 30.0. The first-order valence-electron chi connectivity index (χ1n) is 11.6. The van der Waals surface area contributed by atoms with Crippen molar-refractivity contribution in [3.8, 4) is 5.88 Å². The van der Waals surface area contributed by atoms with Crippen LogP contribution in [-0.4, -0.2) is 33.2 Å². The van der Waals surface area contributed by atoms with Gasteiger partial charge in [-0.1, -0.05) is 11.2 Å². The number of pyridine rings is 1. The molecule has 5 saturated carbocycles. The van der Waals surface area contributed by atoms with Crippen molar-refractivity contribution in [3.63, 3.8) is 0 Å². The van der Waals surface area contributed by atoms with Gasteiger partial charge >= 0.3 is 6.09 Å². The van der Waals surface area contributed by atoms with E-state index < -0.39 is 6.09 Å². The van der Waals surface area contributed by atoms with Gasteiger partial charge in [0, 0.05) is 34.8 Å². The van der Waals surface area contributed by atoms with Gasteiger partial charge in [-0.25, -0.2) is 9.78 Å². The van der Waals surface area contributed by atoms with E-state index in [1.54, 1.807) is 12.1 Å². The maximum absolute atomic E-state index is 13.0. The normalized spacial score (nSPS) is 32.5. The van der Waals surface area contributed by atoms with Gasteiger partial charge in [0.1, 0.15) is 5.76 Å². The Balaban J connectivity index is 1.17. The van der Waals surface area contributed by atoms with Gasteiger partial charge in [0.25, 0.3) is 5.91 Å². The van der Waals surface area contributed by atoms with Crippen molar-refractivity contribution in [2.75, 3.05) is 0 Å². The maximum atomic E-state index is 13.0. The highest BCUT2D eigenvalue weighted by atomic mass is 16.6. The topological polar surface area (TPSA) is 106 Å². The maximum Gasteiger partial charge on any atom is 0.414 e. The van der Waals surface area contributed by atoms with E-state index in [9.17, 15) is 9.59 Å². The van der Waals surface area contributed by atoms with Crippen LogP contribution >= 0.6 is 0 Å². The van der Waals surface area contributed by atoms with Crippen LogP contribution in [0.4, 0.5) is 4.79 Å². The quantitative estimate of drug-likeness (QED) is 0.737. The standard InChI is InChI=1S/C24H28N4O4/c1-14-3-2-4-20(25-14)31-22(30)27-24-11-15-7-16(12-24)10-23(9-15,13-24)26-21(29)18-8-19(32-28-18)17-5-6-17/h2-4,8,15-17H,5-7,9-13H2,1H3,(H,26,29)(H,27,30).